The number of nitriles is 1. The molecule has 6 nitrogen and oxygen atoms in total. The van der Waals surface area contributed by atoms with Gasteiger partial charge in [0.2, 0.25) is 0 Å². The molecule has 138 valence electrons. The van der Waals surface area contributed by atoms with Gasteiger partial charge in [0.15, 0.2) is 0 Å². The fourth-order valence-corrected chi connectivity index (χ4v) is 2.48. The summed E-state index contributed by atoms with van der Waals surface area (Å²) in [6.07, 6.45) is 2.63. The fraction of sp³-hybridized carbons (Fsp3) is 0. The smallest absolute Gasteiger partial charge is 0.257 e. The summed E-state index contributed by atoms with van der Waals surface area (Å²) in [6.45, 7) is 0. The Hall–Kier alpha value is -3.76. The summed E-state index contributed by atoms with van der Waals surface area (Å²) in [4.78, 5) is 28.7. The molecule has 0 aliphatic rings. The number of anilines is 2. The molecule has 1 heterocycles. The van der Waals surface area contributed by atoms with Crippen molar-refractivity contribution < 1.29 is 14.0 Å². The molecule has 0 bridgehead atoms. The van der Waals surface area contributed by atoms with Crippen molar-refractivity contribution in [2.24, 2.45) is 0 Å². The molecule has 1 aromatic heterocycles. The van der Waals surface area contributed by atoms with Crippen LogP contribution in [0.1, 0.15) is 26.3 Å². The van der Waals surface area contributed by atoms with Crippen LogP contribution in [0.5, 0.6) is 0 Å². The number of pyridine rings is 1. The number of halogens is 2. The van der Waals surface area contributed by atoms with E-state index in [9.17, 15) is 14.0 Å². The summed E-state index contributed by atoms with van der Waals surface area (Å²) in [6, 6.07) is 13.5. The average molecular weight is 395 g/mol. The van der Waals surface area contributed by atoms with E-state index in [1.54, 1.807) is 24.3 Å². The normalized spacial score (nSPS) is 10.0. The summed E-state index contributed by atoms with van der Waals surface area (Å²) in [5, 5.41) is 13.9. The lowest BCUT2D eigenvalue weighted by atomic mass is 10.1. The maximum absolute atomic E-state index is 13.2. The molecule has 2 aromatic carbocycles. The maximum Gasteiger partial charge on any atom is 0.257 e. The molecular formula is C20H12ClFN4O2. The van der Waals surface area contributed by atoms with Gasteiger partial charge in [0.05, 0.1) is 27.8 Å². The molecule has 0 radical (unpaired) electrons. The largest absolute Gasteiger partial charge is 0.322 e. The summed E-state index contributed by atoms with van der Waals surface area (Å²) >= 11 is 5.70. The Morgan fingerprint density at radius 3 is 2.07 bits per heavy atom. The van der Waals surface area contributed by atoms with Crippen LogP contribution in [0.2, 0.25) is 5.02 Å². The number of amides is 2. The molecule has 3 rings (SSSR count). The van der Waals surface area contributed by atoms with Gasteiger partial charge in [0, 0.05) is 23.8 Å². The molecule has 0 unspecified atom stereocenters. The molecule has 0 atom stereocenters. The predicted molar refractivity (Wildman–Crippen MR) is 103 cm³/mol. The van der Waals surface area contributed by atoms with Crippen LogP contribution in [0.3, 0.4) is 0 Å². The van der Waals surface area contributed by atoms with Crippen molar-refractivity contribution in [2.75, 3.05) is 10.6 Å². The Balaban J connectivity index is 1.73. The first-order valence-corrected chi connectivity index (χ1v) is 8.37. The molecule has 2 amide bonds. The lowest BCUT2D eigenvalue weighted by molar-refractivity contribution is 0.102. The molecule has 0 aliphatic heterocycles. The van der Waals surface area contributed by atoms with Gasteiger partial charge in [-0.05, 0) is 48.5 Å². The number of rotatable bonds is 4. The van der Waals surface area contributed by atoms with Crippen molar-refractivity contribution in [3.8, 4) is 6.07 Å². The van der Waals surface area contributed by atoms with E-state index in [4.69, 9.17) is 16.9 Å². The SMILES string of the molecule is N#Cc1ccc(NC(=O)c2cncc(C(=O)Nc3ccc(F)c(Cl)c3)c2)cc1. The van der Waals surface area contributed by atoms with Gasteiger partial charge in [-0.2, -0.15) is 5.26 Å². The molecule has 3 aromatic rings. The number of aromatic nitrogens is 1. The minimum Gasteiger partial charge on any atom is -0.322 e. The first kappa shape index (κ1) is 19.0. The number of nitrogens with one attached hydrogen (secondary N) is 2. The third kappa shape index (κ3) is 4.50. The van der Waals surface area contributed by atoms with Gasteiger partial charge in [-0.3, -0.25) is 14.6 Å². The van der Waals surface area contributed by atoms with E-state index in [0.29, 0.717) is 16.9 Å². The van der Waals surface area contributed by atoms with E-state index in [-0.39, 0.29) is 16.1 Å². The monoisotopic (exact) mass is 394 g/mol. The molecule has 0 saturated carbocycles. The molecule has 8 heteroatoms. The summed E-state index contributed by atoms with van der Waals surface area (Å²) < 4.78 is 13.2. The van der Waals surface area contributed by atoms with Crippen LogP contribution < -0.4 is 10.6 Å². The fourth-order valence-electron chi connectivity index (χ4n) is 2.30. The molecule has 28 heavy (non-hydrogen) atoms. The van der Waals surface area contributed by atoms with E-state index in [2.05, 4.69) is 15.6 Å². The summed E-state index contributed by atoms with van der Waals surface area (Å²) in [5.41, 5.74) is 1.60. The van der Waals surface area contributed by atoms with Crippen molar-refractivity contribution in [2.45, 2.75) is 0 Å². The minimum atomic E-state index is -0.595. The highest BCUT2D eigenvalue weighted by Crippen LogP contribution is 2.20. The van der Waals surface area contributed by atoms with Crippen LogP contribution in [0.25, 0.3) is 0 Å². The Morgan fingerprint density at radius 2 is 1.50 bits per heavy atom. The van der Waals surface area contributed by atoms with Crippen LogP contribution in [0.15, 0.2) is 60.9 Å². The molecule has 0 fully saturated rings. The number of carbonyl (C=O) groups is 2. The number of hydrogen-bond donors (Lipinski definition) is 2. The Kier molecular flexibility index (Phi) is 5.63. The van der Waals surface area contributed by atoms with Gasteiger partial charge in [0.1, 0.15) is 5.82 Å². The van der Waals surface area contributed by atoms with Gasteiger partial charge in [-0.15, -0.1) is 0 Å². The highest BCUT2D eigenvalue weighted by atomic mass is 35.5. The number of benzene rings is 2. The van der Waals surface area contributed by atoms with Crippen LogP contribution >= 0.6 is 11.6 Å². The van der Waals surface area contributed by atoms with Crippen molar-refractivity contribution in [3.05, 3.63) is 88.5 Å². The lowest BCUT2D eigenvalue weighted by Gasteiger charge is -2.08. The highest BCUT2D eigenvalue weighted by molar-refractivity contribution is 6.31. The second-order valence-corrected chi connectivity index (χ2v) is 6.10. The Morgan fingerprint density at radius 1 is 0.929 bits per heavy atom. The third-order valence-corrected chi connectivity index (χ3v) is 4.00. The van der Waals surface area contributed by atoms with Crippen LogP contribution in [0, 0.1) is 17.1 Å². The second kappa shape index (κ2) is 8.29. The molecule has 0 aliphatic carbocycles. The van der Waals surface area contributed by atoms with Crippen LogP contribution in [-0.4, -0.2) is 16.8 Å². The molecule has 2 N–H and O–H groups in total. The van der Waals surface area contributed by atoms with E-state index < -0.39 is 17.6 Å². The Labute approximate surface area is 164 Å². The van der Waals surface area contributed by atoms with Crippen LogP contribution in [0.4, 0.5) is 15.8 Å². The highest BCUT2D eigenvalue weighted by Gasteiger charge is 2.13. The van der Waals surface area contributed by atoms with Crippen molar-refractivity contribution in [1.29, 1.82) is 5.26 Å². The zero-order chi connectivity index (χ0) is 20.1. The summed E-state index contributed by atoms with van der Waals surface area (Å²) in [5.74, 6) is -1.58. The quantitative estimate of drug-likeness (QED) is 0.691. The maximum atomic E-state index is 13.2. The average Bonchev–Trinajstić information content (AvgIpc) is 2.71. The number of carbonyl (C=O) groups excluding carboxylic acids is 2. The first-order chi connectivity index (χ1) is 13.5. The van der Waals surface area contributed by atoms with E-state index in [1.807, 2.05) is 6.07 Å². The van der Waals surface area contributed by atoms with Crippen molar-refractivity contribution in [1.82, 2.24) is 4.98 Å². The standard InChI is InChI=1S/C20H12ClFN4O2/c21-17-8-16(5-6-18(17)22)26-20(28)14-7-13(10-24-11-14)19(27)25-15-3-1-12(9-23)2-4-15/h1-8,10-11H,(H,25,27)(H,26,28). The lowest BCUT2D eigenvalue weighted by Crippen LogP contribution is -2.16. The van der Waals surface area contributed by atoms with Gasteiger partial charge in [-0.25, -0.2) is 4.39 Å². The summed E-state index contributed by atoms with van der Waals surface area (Å²) in [7, 11) is 0. The topological polar surface area (TPSA) is 94.9 Å². The minimum absolute atomic E-state index is 0.119. The Bertz CT molecular complexity index is 1090. The van der Waals surface area contributed by atoms with Gasteiger partial charge in [-0.1, -0.05) is 11.6 Å². The zero-order valence-electron chi connectivity index (χ0n) is 14.2. The first-order valence-electron chi connectivity index (χ1n) is 7.99. The van der Waals surface area contributed by atoms with Crippen LogP contribution in [-0.2, 0) is 0 Å². The number of hydrogen-bond acceptors (Lipinski definition) is 4. The van der Waals surface area contributed by atoms with E-state index in [0.717, 1.165) is 6.07 Å². The van der Waals surface area contributed by atoms with Gasteiger partial charge < -0.3 is 10.6 Å². The van der Waals surface area contributed by atoms with Crippen molar-refractivity contribution >= 4 is 34.8 Å². The zero-order valence-corrected chi connectivity index (χ0v) is 15.0. The van der Waals surface area contributed by atoms with E-state index >= 15 is 0 Å². The van der Waals surface area contributed by atoms with E-state index in [1.165, 1.54) is 30.6 Å². The molecule has 0 saturated heterocycles. The van der Waals surface area contributed by atoms with Gasteiger partial charge >= 0.3 is 0 Å². The van der Waals surface area contributed by atoms with Crippen molar-refractivity contribution in [3.63, 3.8) is 0 Å². The third-order valence-electron chi connectivity index (χ3n) is 3.71. The predicted octanol–water partition coefficient (Wildman–Crippen LogP) is 4.25. The molecular weight excluding hydrogens is 383 g/mol. The molecule has 0 spiro atoms. The van der Waals surface area contributed by atoms with Gasteiger partial charge in [0.25, 0.3) is 11.8 Å². The second-order valence-electron chi connectivity index (χ2n) is 5.69. The number of nitrogens with zero attached hydrogens (tertiary/aromatic N) is 2.